The van der Waals surface area contributed by atoms with Gasteiger partial charge in [0.2, 0.25) is 11.8 Å². The maximum atomic E-state index is 12.6. The number of hydrogen-bond acceptors (Lipinski definition) is 3. The van der Waals surface area contributed by atoms with Crippen LogP contribution in [0, 0.1) is 5.92 Å². The van der Waals surface area contributed by atoms with Crippen LogP contribution >= 0.6 is 0 Å². The second-order valence-corrected chi connectivity index (χ2v) is 5.43. The molecule has 0 saturated carbocycles. The van der Waals surface area contributed by atoms with Crippen LogP contribution < -0.4 is 5.32 Å². The molecule has 2 amide bonds. The summed E-state index contributed by atoms with van der Waals surface area (Å²) in [7, 11) is 1.75. The first-order valence-corrected chi connectivity index (χ1v) is 7.32. The van der Waals surface area contributed by atoms with Crippen molar-refractivity contribution in [1.82, 2.24) is 10.2 Å². The minimum absolute atomic E-state index is 0.0162. The Kier molecular flexibility index (Phi) is 5.33. The van der Waals surface area contributed by atoms with Crippen LogP contribution in [0.25, 0.3) is 0 Å². The van der Waals surface area contributed by atoms with E-state index >= 15 is 0 Å². The zero-order valence-electron chi connectivity index (χ0n) is 12.3. The molecule has 0 bridgehead atoms. The van der Waals surface area contributed by atoms with E-state index in [0.29, 0.717) is 19.4 Å². The van der Waals surface area contributed by atoms with E-state index in [9.17, 15) is 14.7 Å². The molecule has 1 aromatic rings. The van der Waals surface area contributed by atoms with Crippen LogP contribution in [0.5, 0.6) is 0 Å². The van der Waals surface area contributed by atoms with Crippen molar-refractivity contribution in [3.8, 4) is 0 Å². The van der Waals surface area contributed by atoms with Gasteiger partial charge in [-0.25, -0.2) is 0 Å². The fraction of sp³-hybridized carbons (Fsp3) is 0.500. The number of carbonyl (C=O) groups is 2. The third-order valence-electron chi connectivity index (χ3n) is 4.00. The van der Waals surface area contributed by atoms with E-state index < -0.39 is 0 Å². The summed E-state index contributed by atoms with van der Waals surface area (Å²) in [4.78, 5) is 25.7. The number of benzene rings is 1. The molecule has 1 aliphatic rings. The molecular formula is C16H22N2O3. The van der Waals surface area contributed by atoms with E-state index in [1.54, 1.807) is 11.9 Å². The van der Waals surface area contributed by atoms with Crippen LogP contribution in [0.2, 0.25) is 0 Å². The van der Waals surface area contributed by atoms with Gasteiger partial charge in [-0.05, 0) is 18.4 Å². The first-order valence-electron chi connectivity index (χ1n) is 7.32. The lowest BCUT2D eigenvalue weighted by molar-refractivity contribution is -0.141. The maximum Gasteiger partial charge on any atom is 0.226 e. The van der Waals surface area contributed by atoms with Gasteiger partial charge in [0, 0.05) is 32.5 Å². The second kappa shape index (κ2) is 7.22. The van der Waals surface area contributed by atoms with E-state index in [1.165, 1.54) is 0 Å². The molecule has 1 heterocycles. The fourth-order valence-corrected chi connectivity index (χ4v) is 2.82. The molecule has 0 radical (unpaired) electrons. The SMILES string of the molecule is CN(C(=O)C1CCNC(=O)C1)C(CCO)c1ccccc1. The Morgan fingerprint density at radius 1 is 1.43 bits per heavy atom. The van der Waals surface area contributed by atoms with Gasteiger partial charge in [0.1, 0.15) is 0 Å². The topological polar surface area (TPSA) is 69.6 Å². The molecule has 0 aromatic heterocycles. The summed E-state index contributed by atoms with van der Waals surface area (Å²) in [5, 5.41) is 12.0. The predicted molar refractivity (Wildman–Crippen MR) is 79.4 cm³/mol. The van der Waals surface area contributed by atoms with Gasteiger partial charge >= 0.3 is 0 Å². The largest absolute Gasteiger partial charge is 0.396 e. The Morgan fingerprint density at radius 3 is 2.76 bits per heavy atom. The number of nitrogens with one attached hydrogen (secondary N) is 1. The maximum absolute atomic E-state index is 12.6. The van der Waals surface area contributed by atoms with E-state index in [4.69, 9.17) is 0 Å². The Labute approximate surface area is 125 Å². The van der Waals surface area contributed by atoms with Crippen LogP contribution in [0.1, 0.15) is 30.9 Å². The van der Waals surface area contributed by atoms with Crippen molar-refractivity contribution < 1.29 is 14.7 Å². The summed E-state index contributed by atoms with van der Waals surface area (Å²) in [5.74, 6) is -0.341. The second-order valence-electron chi connectivity index (χ2n) is 5.43. The molecule has 1 saturated heterocycles. The van der Waals surface area contributed by atoms with Crippen LogP contribution in [0.3, 0.4) is 0 Å². The molecule has 0 spiro atoms. The highest BCUT2D eigenvalue weighted by molar-refractivity contribution is 5.87. The Hall–Kier alpha value is -1.88. The van der Waals surface area contributed by atoms with Crippen molar-refractivity contribution >= 4 is 11.8 Å². The number of nitrogens with zero attached hydrogens (tertiary/aromatic N) is 1. The summed E-state index contributed by atoms with van der Waals surface area (Å²) < 4.78 is 0. The summed E-state index contributed by atoms with van der Waals surface area (Å²) >= 11 is 0. The molecule has 2 atom stereocenters. The molecule has 5 nitrogen and oxygen atoms in total. The number of aliphatic hydroxyl groups is 1. The third kappa shape index (κ3) is 3.82. The Morgan fingerprint density at radius 2 is 2.14 bits per heavy atom. The molecule has 2 rings (SSSR count). The molecule has 1 aliphatic heterocycles. The summed E-state index contributed by atoms with van der Waals surface area (Å²) in [6, 6.07) is 9.52. The highest BCUT2D eigenvalue weighted by Gasteiger charge is 2.31. The van der Waals surface area contributed by atoms with Crippen molar-refractivity contribution in [2.45, 2.75) is 25.3 Å². The zero-order chi connectivity index (χ0) is 15.2. The highest BCUT2D eigenvalue weighted by atomic mass is 16.3. The monoisotopic (exact) mass is 290 g/mol. The van der Waals surface area contributed by atoms with Crippen LogP contribution in [-0.4, -0.2) is 42.0 Å². The molecule has 2 N–H and O–H groups in total. The van der Waals surface area contributed by atoms with Gasteiger partial charge in [-0.2, -0.15) is 0 Å². The number of hydrogen-bond donors (Lipinski definition) is 2. The summed E-state index contributed by atoms with van der Waals surface area (Å²) in [5.41, 5.74) is 1.00. The first-order chi connectivity index (χ1) is 10.1. The van der Waals surface area contributed by atoms with Crippen molar-refractivity contribution in [2.75, 3.05) is 20.2 Å². The van der Waals surface area contributed by atoms with Gasteiger partial charge in [0.15, 0.2) is 0 Å². The van der Waals surface area contributed by atoms with E-state index in [-0.39, 0.29) is 36.8 Å². The van der Waals surface area contributed by atoms with Crippen molar-refractivity contribution in [2.24, 2.45) is 5.92 Å². The number of aliphatic hydroxyl groups excluding tert-OH is 1. The molecule has 1 aromatic carbocycles. The lowest BCUT2D eigenvalue weighted by atomic mass is 9.94. The highest BCUT2D eigenvalue weighted by Crippen LogP contribution is 2.26. The molecular weight excluding hydrogens is 268 g/mol. The van der Waals surface area contributed by atoms with Crippen LogP contribution in [-0.2, 0) is 9.59 Å². The van der Waals surface area contributed by atoms with Crippen LogP contribution in [0.15, 0.2) is 30.3 Å². The van der Waals surface area contributed by atoms with Gasteiger partial charge in [-0.15, -0.1) is 0 Å². The Bertz CT molecular complexity index is 490. The minimum Gasteiger partial charge on any atom is -0.396 e. The number of carbonyl (C=O) groups excluding carboxylic acids is 2. The number of rotatable bonds is 5. The summed E-state index contributed by atoms with van der Waals surface area (Å²) in [6.07, 6.45) is 1.42. The Balaban J connectivity index is 2.12. The van der Waals surface area contributed by atoms with Gasteiger partial charge in [-0.3, -0.25) is 9.59 Å². The fourth-order valence-electron chi connectivity index (χ4n) is 2.82. The molecule has 114 valence electrons. The average Bonchev–Trinajstić information content (AvgIpc) is 2.52. The van der Waals surface area contributed by atoms with Crippen LogP contribution in [0.4, 0.5) is 0 Å². The van der Waals surface area contributed by atoms with E-state index in [0.717, 1.165) is 5.56 Å². The first kappa shape index (κ1) is 15.5. The quantitative estimate of drug-likeness (QED) is 0.853. The predicted octanol–water partition coefficient (Wildman–Crippen LogP) is 1.09. The normalized spacial score (nSPS) is 19.7. The van der Waals surface area contributed by atoms with E-state index in [2.05, 4.69) is 5.32 Å². The van der Waals surface area contributed by atoms with Crippen molar-refractivity contribution in [3.63, 3.8) is 0 Å². The zero-order valence-corrected chi connectivity index (χ0v) is 12.3. The smallest absolute Gasteiger partial charge is 0.226 e. The summed E-state index contributed by atoms with van der Waals surface area (Å²) in [6.45, 7) is 0.571. The molecule has 21 heavy (non-hydrogen) atoms. The van der Waals surface area contributed by atoms with Gasteiger partial charge < -0.3 is 15.3 Å². The average molecular weight is 290 g/mol. The van der Waals surface area contributed by atoms with Crippen molar-refractivity contribution in [3.05, 3.63) is 35.9 Å². The standard InChI is InChI=1S/C16H22N2O3/c1-18(16(21)13-7-9-17-15(20)11-13)14(8-10-19)12-5-3-2-4-6-12/h2-6,13-14,19H,7-11H2,1H3,(H,17,20). The van der Waals surface area contributed by atoms with E-state index in [1.807, 2.05) is 30.3 Å². The van der Waals surface area contributed by atoms with Gasteiger partial charge in [0.05, 0.1) is 6.04 Å². The number of amides is 2. The van der Waals surface area contributed by atoms with Gasteiger partial charge in [0.25, 0.3) is 0 Å². The lowest BCUT2D eigenvalue weighted by Crippen LogP contribution is -2.43. The lowest BCUT2D eigenvalue weighted by Gasteiger charge is -2.32. The van der Waals surface area contributed by atoms with Gasteiger partial charge in [-0.1, -0.05) is 30.3 Å². The molecule has 2 unspecified atom stereocenters. The minimum atomic E-state index is -0.256. The third-order valence-corrected chi connectivity index (χ3v) is 4.00. The number of piperidine rings is 1. The molecule has 5 heteroatoms. The molecule has 1 fully saturated rings. The van der Waals surface area contributed by atoms with Crippen molar-refractivity contribution in [1.29, 1.82) is 0 Å². The molecule has 0 aliphatic carbocycles.